The Morgan fingerprint density at radius 1 is 1.17 bits per heavy atom. The number of carbonyl (C=O) groups excluding carboxylic acids is 1. The monoisotopic (exact) mass is 352 g/mol. The summed E-state index contributed by atoms with van der Waals surface area (Å²) in [4.78, 5) is 12.2. The van der Waals surface area contributed by atoms with Gasteiger partial charge in [0.25, 0.3) is 0 Å². The van der Waals surface area contributed by atoms with E-state index in [2.05, 4.69) is 0 Å². The number of hydrogen-bond donors (Lipinski definition) is 0. The van der Waals surface area contributed by atoms with E-state index in [0.29, 0.717) is 11.3 Å². The summed E-state index contributed by atoms with van der Waals surface area (Å²) < 4.78 is 47.7. The van der Waals surface area contributed by atoms with Crippen molar-refractivity contribution >= 4 is 15.8 Å². The number of methoxy groups -OCH3 is 1. The Balaban J connectivity index is 2.25. The van der Waals surface area contributed by atoms with Gasteiger partial charge in [0, 0.05) is 5.56 Å². The van der Waals surface area contributed by atoms with Crippen LogP contribution < -0.4 is 4.74 Å². The van der Waals surface area contributed by atoms with E-state index in [1.807, 2.05) is 0 Å². The summed E-state index contributed by atoms with van der Waals surface area (Å²) in [6, 6.07) is 9.68. The molecule has 0 spiro atoms. The van der Waals surface area contributed by atoms with Crippen molar-refractivity contribution in [3.05, 3.63) is 59.4 Å². The van der Waals surface area contributed by atoms with Crippen molar-refractivity contribution in [1.82, 2.24) is 0 Å². The molecule has 0 heterocycles. The standard InChI is InChI=1S/C17H17FO5S/c1-3-24(20,21)16-7-5-4-6-14(16)17(19)23-11-12-10-13(18)8-9-15(12)22-2/h4-10H,3,11H2,1-2H3. The minimum Gasteiger partial charge on any atom is -0.496 e. The molecule has 0 amide bonds. The highest BCUT2D eigenvalue weighted by Gasteiger charge is 2.21. The van der Waals surface area contributed by atoms with Gasteiger partial charge in [0.1, 0.15) is 18.2 Å². The molecule has 0 radical (unpaired) electrons. The van der Waals surface area contributed by atoms with Crippen LogP contribution in [0.15, 0.2) is 47.4 Å². The third-order valence-electron chi connectivity index (χ3n) is 3.42. The molecule has 5 nitrogen and oxygen atoms in total. The zero-order chi connectivity index (χ0) is 17.7. The van der Waals surface area contributed by atoms with Gasteiger partial charge in [0.05, 0.1) is 23.3 Å². The maximum Gasteiger partial charge on any atom is 0.339 e. The fourth-order valence-corrected chi connectivity index (χ4v) is 3.23. The predicted octanol–water partition coefficient (Wildman–Crippen LogP) is 2.98. The fourth-order valence-electron chi connectivity index (χ4n) is 2.14. The van der Waals surface area contributed by atoms with Crippen LogP contribution in [0.5, 0.6) is 5.75 Å². The Morgan fingerprint density at radius 2 is 1.88 bits per heavy atom. The van der Waals surface area contributed by atoms with Gasteiger partial charge in [-0.15, -0.1) is 0 Å². The first-order valence-corrected chi connectivity index (χ1v) is 8.85. The van der Waals surface area contributed by atoms with E-state index in [4.69, 9.17) is 9.47 Å². The van der Waals surface area contributed by atoms with Crippen molar-refractivity contribution in [2.75, 3.05) is 12.9 Å². The number of carbonyl (C=O) groups is 1. The molecule has 0 fully saturated rings. The van der Waals surface area contributed by atoms with Crippen LogP contribution in [0.2, 0.25) is 0 Å². The summed E-state index contributed by atoms with van der Waals surface area (Å²) in [5.74, 6) is -1.04. The van der Waals surface area contributed by atoms with E-state index in [1.54, 1.807) is 6.07 Å². The third kappa shape index (κ3) is 3.91. The van der Waals surface area contributed by atoms with Crippen LogP contribution in [-0.2, 0) is 21.2 Å². The van der Waals surface area contributed by atoms with E-state index in [9.17, 15) is 17.6 Å². The van der Waals surface area contributed by atoms with Crippen LogP contribution in [0.3, 0.4) is 0 Å². The summed E-state index contributed by atoms with van der Waals surface area (Å²) >= 11 is 0. The molecule has 7 heteroatoms. The van der Waals surface area contributed by atoms with Crippen LogP contribution in [0.1, 0.15) is 22.8 Å². The number of ether oxygens (including phenoxy) is 2. The van der Waals surface area contributed by atoms with Gasteiger partial charge < -0.3 is 9.47 Å². The topological polar surface area (TPSA) is 69.7 Å². The Bertz CT molecular complexity index is 846. The van der Waals surface area contributed by atoms with Crippen molar-refractivity contribution in [2.45, 2.75) is 18.4 Å². The second-order valence-corrected chi connectivity index (χ2v) is 7.18. The Hall–Kier alpha value is -2.41. The highest BCUT2D eigenvalue weighted by atomic mass is 32.2. The van der Waals surface area contributed by atoms with Gasteiger partial charge in [0.2, 0.25) is 0 Å². The lowest BCUT2D eigenvalue weighted by Crippen LogP contribution is -2.13. The molecule has 0 aliphatic heterocycles. The molecule has 2 aromatic carbocycles. The molecule has 0 N–H and O–H groups in total. The zero-order valence-electron chi connectivity index (χ0n) is 13.3. The molecule has 0 bridgehead atoms. The smallest absolute Gasteiger partial charge is 0.339 e. The quantitative estimate of drug-likeness (QED) is 0.748. The minimum absolute atomic E-state index is 0.0466. The first-order valence-electron chi connectivity index (χ1n) is 7.20. The molecule has 0 aliphatic carbocycles. The maximum atomic E-state index is 13.3. The number of benzene rings is 2. The van der Waals surface area contributed by atoms with Gasteiger partial charge in [-0.25, -0.2) is 17.6 Å². The highest BCUT2D eigenvalue weighted by Crippen LogP contribution is 2.22. The average molecular weight is 352 g/mol. The highest BCUT2D eigenvalue weighted by molar-refractivity contribution is 7.91. The van der Waals surface area contributed by atoms with Crippen molar-refractivity contribution in [1.29, 1.82) is 0 Å². The molecule has 0 aliphatic rings. The van der Waals surface area contributed by atoms with E-state index in [1.165, 1.54) is 50.4 Å². The van der Waals surface area contributed by atoms with E-state index in [0.717, 1.165) is 0 Å². The van der Waals surface area contributed by atoms with Crippen LogP contribution in [0, 0.1) is 5.82 Å². The van der Waals surface area contributed by atoms with Crippen LogP contribution in [-0.4, -0.2) is 27.2 Å². The van der Waals surface area contributed by atoms with E-state index >= 15 is 0 Å². The van der Waals surface area contributed by atoms with E-state index in [-0.39, 0.29) is 22.8 Å². The van der Waals surface area contributed by atoms with Crippen LogP contribution in [0.25, 0.3) is 0 Å². The summed E-state index contributed by atoms with van der Waals surface area (Å²) in [5.41, 5.74) is 0.302. The van der Waals surface area contributed by atoms with Crippen molar-refractivity contribution in [2.24, 2.45) is 0 Å². The molecule has 128 valence electrons. The minimum atomic E-state index is -3.56. The van der Waals surface area contributed by atoms with Gasteiger partial charge in [-0.05, 0) is 30.3 Å². The molecular formula is C17H17FO5S. The average Bonchev–Trinajstić information content (AvgIpc) is 2.59. The van der Waals surface area contributed by atoms with Crippen molar-refractivity contribution in [3.8, 4) is 5.75 Å². The number of hydrogen-bond acceptors (Lipinski definition) is 5. The lowest BCUT2D eigenvalue weighted by Gasteiger charge is -2.11. The van der Waals surface area contributed by atoms with Gasteiger partial charge in [-0.2, -0.15) is 0 Å². The molecule has 0 saturated carbocycles. The number of sulfone groups is 1. The first kappa shape index (κ1) is 17.9. The Morgan fingerprint density at radius 3 is 2.54 bits per heavy atom. The van der Waals surface area contributed by atoms with Gasteiger partial charge in [0.15, 0.2) is 9.84 Å². The summed E-state index contributed by atoms with van der Waals surface area (Å²) in [6.45, 7) is 1.26. The normalized spacial score (nSPS) is 11.1. The van der Waals surface area contributed by atoms with Gasteiger partial charge >= 0.3 is 5.97 Å². The number of halogens is 1. The van der Waals surface area contributed by atoms with Gasteiger partial charge in [-0.3, -0.25) is 0 Å². The Labute approximate surface area is 139 Å². The summed E-state index contributed by atoms with van der Waals surface area (Å²) in [6.07, 6.45) is 0. The lowest BCUT2D eigenvalue weighted by molar-refractivity contribution is 0.0465. The number of rotatable bonds is 6. The largest absolute Gasteiger partial charge is 0.496 e. The van der Waals surface area contributed by atoms with Gasteiger partial charge in [-0.1, -0.05) is 19.1 Å². The Kier molecular flexibility index (Phi) is 5.56. The molecule has 2 rings (SSSR count). The molecular weight excluding hydrogens is 335 g/mol. The molecule has 0 unspecified atom stereocenters. The predicted molar refractivity (Wildman–Crippen MR) is 86.2 cm³/mol. The van der Waals surface area contributed by atoms with E-state index < -0.39 is 21.6 Å². The lowest BCUT2D eigenvalue weighted by atomic mass is 10.2. The number of esters is 1. The molecule has 0 aromatic heterocycles. The van der Waals surface area contributed by atoms with Crippen LogP contribution >= 0.6 is 0 Å². The van der Waals surface area contributed by atoms with Crippen molar-refractivity contribution < 1.29 is 27.1 Å². The second-order valence-electron chi connectivity index (χ2n) is 4.93. The second kappa shape index (κ2) is 7.44. The summed E-state index contributed by atoms with van der Waals surface area (Å²) in [7, 11) is -2.14. The molecule has 0 saturated heterocycles. The summed E-state index contributed by atoms with van der Waals surface area (Å²) in [5, 5.41) is 0. The molecule has 2 aromatic rings. The maximum absolute atomic E-state index is 13.3. The fraction of sp³-hybridized carbons (Fsp3) is 0.235. The first-order chi connectivity index (χ1) is 11.4. The van der Waals surface area contributed by atoms with Crippen molar-refractivity contribution in [3.63, 3.8) is 0 Å². The third-order valence-corrected chi connectivity index (χ3v) is 5.21. The zero-order valence-corrected chi connectivity index (χ0v) is 14.1. The SMILES string of the molecule is CCS(=O)(=O)c1ccccc1C(=O)OCc1cc(F)ccc1OC. The molecule has 0 atom stereocenters. The van der Waals surface area contributed by atoms with Crippen LogP contribution in [0.4, 0.5) is 4.39 Å². The molecule has 24 heavy (non-hydrogen) atoms.